The van der Waals surface area contributed by atoms with Crippen LogP contribution in [0, 0.1) is 6.92 Å². The minimum Gasteiger partial charge on any atom is -0.341 e. The quantitative estimate of drug-likeness (QED) is 0.686. The molecule has 3 aromatic rings. The Morgan fingerprint density at radius 2 is 1.87 bits per heavy atom. The van der Waals surface area contributed by atoms with Gasteiger partial charge in [0.25, 0.3) is 11.5 Å². The maximum absolute atomic E-state index is 12.8. The molecule has 0 radical (unpaired) electrons. The first-order valence-electron chi connectivity index (χ1n) is 10.7. The van der Waals surface area contributed by atoms with Gasteiger partial charge in [-0.1, -0.05) is 0 Å². The monoisotopic (exact) mass is 421 g/mol. The molecule has 3 heterocycles. The summed E-state index contributed by atoms with van der Waals surface area (Å²) in [6.07, 6.45) is 4.56. The molecule has 0 spiro atoms. The van der Waals surface area contributed by atoms with Crippen LogP contribution in [0.25, 0.3) is 11.0 Å². The Balaban J connectivity index is 1.51. The van der Waals surface area contributed by atoms with Crippen molar-refractivity contribution < 1.29 is 9.59 Å². The summed E-state index contributed by atoms with van der Waals surface area (Å²) < 4.78 is 3.41. The third kappa shape index (κ3) is 4.38. The number of benzene rings is 1. The summed E-state index contributed by atoms with van der Waals surface area (Å²) in [6.45, 7) is 6.24. The SMILES string of the molecule is CCn1c(C)nc2cc(NC(=O)c3ccc(=O)n(CC(=O)N4CCCCC4)c3)ccc21. The predicted octanol–water partition coefficient (Wildman–Crippen LogP) is 2.79. The highest BCUT2D eigenvalue weighted by atomic mass is 16.2. The molecule has 2 aromatic heterocycles. The van der Waals surface area contributed by atoms with Crippen LogP contribution in [-0.2, 0) is 17.9 Å². The van der Waals surface area contributed by atoms with E-state index in [0.717, 1.165) is 55.8 Å². The van der Waals surface area contributed by atoms with Crippen molar-refractivity contribution in [3.63, 3.8) is 0 Å². The zero-order valence-corrected chi connectivity index (χ0v) is 17.9. The van der Waals surface area contributed by atoms with E-state index in [4.69, 9.17) is 0 Å². The van der Waals surface area contributed by atoms with Crippen molar-refractivity contribution in [2.45, 2.75) is 46.2 Å². The number of likely N-dealkylation sites (tertiary alicyclic amines) is 1. The van der Waals surface area contributed by atoms with E-state index >= 15 is 0 Å². The van der Waals surface area contributed by atoms with E-state index in [2.05, 4.69) is 21.8 Å². The minimum atomic E-state index is -0.342. The zero-order chi connectivity index (χ0) is 22.0. The van der Waals surface area contributed by atoms with Crippen molar-refractivity contribution in [3.8, 4) is 0 Å². The molecule has 1 aromatic carbocycles. The number of nitrogens with zero attached hydrogens (tertiary/aromatic N) is 4. The summed E-state index contributed by atoms with van der Waals surface area (Å²) in [7, 11) is 0. The van der Waals surface area contributed by atoms with E-state index in [1.807, 2.05) is 25.1 Å². The smallest absolute Gasteiger partial charge is 0.257 e. The minimum absolute atomic E-state index is 0.0559. The summed E-state index contributed by atoms with van der Waals surface area (Å²) in [5, 5.41) is 2.86. The van der Waals surface area contributed by atoms with Crippen LogP contribution in [0.5, 0.6) is 0 Å². The summed E-state index contributed by atoms with van der Waals surface area (Å²) in [6, 6.07) is 8.42. The number of aryl methyl sites for hydroxylation is 2. The average molecular weight is 422 g/mol. The second-order valence-electron chi connectivity index (χ2n) is 7.89. The van der Waals surface area contributed by atoms with Gasteiger partial charge in [0, 0.05) is 37.6 Å². The number of carbonyl (C=O) groups is 2. The van der Waals surface area contributed by atoms with Crippen LogP contribution in [0.2, 0.25) is 0 Å². The molecule has 2 amide bonds. The van der Waals surface area contributed by atoms with Crippen LogP contribution in [-0.4, -0.2) is 43.9 Å². The number of hydrogen-bond donors (Lipinski definition) is 1. The summed E-state index contributed by atoms with van der Waals surface area (Å²) in [5.74, 6) is 0.489. The molecule has 0 aliphatic carbocycles. The van der Waals surface area contributed by atoms with Gasteiger partial charge in [0.05, 0.1) is 16.6 Å². The Bertz CT molecular complexity index is 1190. The largest absolute Gasteiger partial charge is 0.341 e. The van der Waals surface area contributed by atoms with Crippen molar-refractivity contribution in [2.75, 3.05) is 18.4 Å². The Morgan fingerprint density at radius 3 is 2.61 bits per heavy atom. The Hall–Kier alpha value is -3.42. The first kappa shape index (κ1) is 20.8. The summed E-state index contributed by atoms with van der Waals surface area (Å²) in [5.41, 5.74) is 2.47. The lowest BCUT2D eigenvalue weighted by Gasteiger charge is -2.27. The Labute approximate surface area is 180 Å². The summed E-state index contributed by atoms with van der Waals surface area (Å²) in [4.78, 5) is 43.9. The molecule has 0 bridgehead atoms. The number of pyridine rings is 1. The zero-order valence-electron chi connectivity index (χ0n) is 17.9. The fourth-order valence-corrected chi connectivity index (χ4v) is 4.11. The maximum atomic E-state index is 12.8. The van der Waals surface area contributed by atoms with Crippen LogP contribution in [0.15, 0.2) is 41.3 Å². The highest BCUT2D eigenvalue weighted by Gasteiger charge is 2.18. The van der Waals surface area contributed by atoms with Gasteiger partial charge in [-0.3, -0.25) is 14.4 Å². The third-order valence-electron chi connectivity index (χ3n) is 5.77. The molecule has 1 N–H and O–H groups in total. The second-order valence-corrected chi connectivity index (χ2v) is 7.89. The molecule has 1 fully saturated rings. The number of hydrogen-bond acceptors (Lipinski definition) is 4. The number of fused-ring (bicyclic) bond motifs is 1. The maximum Gasteiger partial charge on any atom is 0.257 e. The average Bonchev–Trinajstić information content (AvgIpc) is 3.09. The van der Waals surface area contributed by atoms with Gasteiger partial charge in [0.2, 0.25) is 5.91 Å². The summed E-state index contributed by atoms with van der Waals surface area (Å²) >= 11 is 0. The molecule has 31 heavy (non-hydrogen) atoms. The van der Waals surface area contributed by atoms with Crippen molar-refractivity contribution in [2.24, 2.45) is 0 Å². The third-order valence-corrected chi connectivity index (χ3v) is 5.77. The molecule has 0 unspecified atom stereocenters. The predicted molar refractivity (Wildman–Crippen MR) is 119 cm³/mol. The molecule has 8 nitrogen and oxygen atoms in total. The molecular weight excluding hydrogens is 394 g/mol. The van der Waals surface area contributed by atoms with E-state index in [-0.39, 0.29) is 23.9 Å². The Kier molecular flexibility index (Phi) is 5.88. The van der Waals surface area contributed by atoms with Crippen LogP contribution in [0.3, 0.4) is 0 Å². The molecule has 1 saturated heterocycles. The van der Waals surface area contributed by atoms with Crippen molar-refractivity contribution >= 4 is 28.5 Å². The van der Waals surface area contributed by atoms with Gasteiger partial charge in [-0.25, -0.2) is 4.98 Å². The second kappa shape index (κ2) is 8.75. The normalized spacial score (nSPS) is 14.1. The van der Waals surface area contributed by atoms with Crippen LogP contribution in [0.4, 0.5) is 5.69 Å². The standard InChI is InChI=1S/C23H27N5O3/c1-3-28-16(2)24-19-13-18(8-9-20(19)28)25-23(31)17-7-10-21(29)27(14-17)15-22(30)26-11-5-4-6-12-26/h7-10,13-14H,3-6,11-12,15H2,1-2H3,(H,25,31). The molecule has 0 atom stereocenters. The Morgan fingerprint density at radius 1 is 1.10 bits per heavy atom. The van der Waals surface area contributed by atoms with Gasteiger partial charge in [-0.05, 0) is 57.4 Å². The molecule has 162 valence electrons. The van der Waals surface area contributed by atoms with Crippen molar-refractivity contribution in [1.82, 2.24) is 19.0 Å². The van der Waals surface area contributed by atoms with E-state index in [1.165, 1.54) is 22.9 Å². The topological polar surface area (TPSA) is 89.2 Å². The van der Waals surface area contributed by atoms with E-state index in [9.17, 15) is 14.4 Å². The fourth-order valence-electron chi connectivity index (χ4n) is 4.11. The molecule has 0 saturated carbocycles. The molecule has 1 aliphatic rings. The van der Waals surface area contributed by atoms with E-state index in [0.29, 0.717) is 11.3 Å². The molecule has 8 heteroatoms. The highest BCUT2D eigenvalue weighted by molar-refractivity contribution is 6.04. The first-order valence-corrected chi connectivity index (χ1v) is 10.7. The van der Waals surface area contributed by atoms with Crippen molar-refractivity contribution in [3.05, 3.63) is 58.3 Å². The highest BCUT2D eigenvalue weighted by Crippen LogP contribution is 2.21. The van der Waals surface area contributed by atoms with Gasteiger partial charge in [-0.2, -0.15) is 0 Å². The van der Waals surface area contributed by atoms with Gasteiger partial charge in [0.15, 0.2) is 0 Å². The van der Waals surface area contributed by atoms with E-state index < -0.39 is 0 Å². The van der Waals surface area contributed by atoms with Gasteiger partial charge >= 0.3 is 0 Å². The molecule has 1 aliphatic heterocycles. The lowest BCUT2D eigenvalue weighted by molar-refractivity contribution is -0.132. The lowest BCUT2D eigenvalue weighted by Crippen LogP contribution is -2.39. The number of piperidine rings is 1. The first-order chi connectivity index (χ1) is 15.0. The number of anilines is 1. The van der Waals surface area contributed by atoms with Crippen LogP contribution >= 0.6 is 0 Å². The number of amides is 2. The van der Waals surface area contributed by atoms with E-state index in [1.54, 1.807) is 4.90 Å². The number of carbonyl (C=O) groups excluding carboxylic acids is 2. The molecular formula is C23H27N5O3. The number of rotatable bonds is 5. The van der Waals surface area contributed by atoms with Gasteiger partial charge < -0.3 is 19.4 Å². The van der Waals surface area contributed by atoms with Crippen LogP contribution < -0.4 is 10.9 Å². The lowest BCUT2D eigenvalue weighted by atomic mass is 10.1. The fraction of sp³-hybridized carbons (Fsp3) is 0.391. The van der Waals surface area contributed by atoms with Gasteiger partial charge in [-0.15, -0.1) is 0 Å². The number of imidazole rings is 1. The molecule has 4 rings (SSSR count). The van der Waals surface area contributed by atoms with Crippen molar-refractivity contribution in [1.29, 1.82) is 0 Å². The van der Waals surface area contributed by atoms with Crippen LogP contribution in [0.1, 0.15) is 42.4 Å². The van der Waals surface area contributed by atoms with Gasteiger partial charge in [0.1, 0.15) is 12.4 Å². The number of aromatic nitrogens is 3. The number of nitrogens with one attached hydrogen (secondary N) is 1.